The van der Waals surface area contributed by atoms with E-state index in [1.807, 2.05) is 16.4 Å². The van der Waals surface area contributed by atoms with Crippen LogP contribution in [0.1, 0.15) is 43.5 Å². The lowest BCUT2D eigenvalue weighted by atomic mass is 9.94. The molecular formula is C21H27FN4OS. The van der Waals surface area contributed by atoms with E-state index in [0.29, 0.717) is 18.8 Å². The van der Waals surface area contributed by atoms with Crippen LogP contribution in [0.3, 0.4) is 0 Å². The van der Waals surface area contributed by atoms with Crippen LogP contribution in [0.5, 0.6) is 0 Å². The van der Waals surface area contributed by atoms with Gasteiger partial charge in [0, 0.05) is 19.1 Å². The van der Waals surface area contributed by atoms with E-state index in [0.717, 1.165) is 42.2 Å². The Hall–Kier alpha value is -2.15. The van der Waals surface area contributed by atoms with Crippen LogP contribution in [0.2, 0.25) is 0 Å². The quantitative estimate of drug-likeness (QED) is 0.486. The maximum Gasteiger partial charge on any atom is 0.233 e. The molecule has 0 atom stereocenters. The van der Waals surface area contributed by atoms with Crippen LogP contribution in [0.25, 0.3) is 0 Å². The van der Waals surface area contributed by atoms with Crippen molar-refractivity contribution in [2.24, 2.45) is 0 Å². The molecule has 1 aromatic heterocycles. The summed E-state index contributed by atoms with van der Waals surface area (Å²) in [5.74, 6) is 0.955. The minimum atomic E-state index is -0.258. The van der Waals surface area contributed by atoms with Gasteiger partial charge in [-0.05, 0) is 37.5 Å². The molecule has 0 saturated heterocycles. The highest BCUT2D eigenvalue weighted by Gasteiger charge is 2.26. The number of carbonyl (C=O) groups is 1. The molecule has 3 rings (SSSR count). The highest BCUT2D eigenvalue weighted by molar-refractivity contribution is 7.99. The van der Waals surface area contributed by atoms with Crippen molar-refractivity contribution >= 4 is 17.7 Å². The van der Waals surface area contributed by atoms with Crippen LogP contribution in [-0.2, 0) is 17.9 Å². The monoisotopic (exact) mass is 402 g/mol. The van der Waals surface area contributed by atoms with Crippen molar-refractivity contribution in [2.75, 3.05) is 5.75 Å². The largest absolute Gasteiger partial charge is 0.335 e. The summed E-state index contributed by atoms with van der Waals surface area (Å²) in [6, 6.07) is 6.67. The average molecular weight is 403 g/mol. The first-order chi connectivity index (χ1) is 13.6. The molecule has 1 fully saturated rings. The lowest BCUT2D eigenvalue weighted by molar-refractivity contribution is -0.132. The molecule has 0 unspecified atom stereocenters. The lowest BCUT2D eigenvalue weighted by Crippen LogP contribution is -2.42. The summed E-state index contributed by atoms with van der Waals surface area (Å²) < 4.78 is 15.2. The molecule has 7 heteroatoms. The fraction of sp³-hybridized carbons (Fsp3) is 0.476. The highest BCUT2D eigenvalue weighted by atomic mass is 32.2. The Morgan fingerprint density at radius 2 is 2.00 bits per heavy atom. The average Bonchev–Trinajstić information content (AvgIpc) is 3.06. The van der Waals surface area contributed by atoms with Crippen LogP contribution in [0.15, 0.2) is 42.1 Å². The Morgan fingerprint density at radius 3 is 2.68 bits per heavy atom. The number of carbonyl (C=O) groups excluding carboxylic acids is 1. The zero-order valence-corrected chi connectivity index (χ0v) is 17.1. The Kier molecular flexibility index (Phi) is 7.25. The molecule has 2 aromatic rings. The molecular weight excluding hydrogens is 375 g/mol. The zero-order chi connectivity index (χ0) is 19.9. The summed E-state index contributed by atoms with van der Waals surface area (Å²) in [5.41, 5.74) is 0.955. The summed E-state index contributed by atoms with van der Waals surface area (Å²) >= 11 is 1.41. The third kappa shape index (κ3) is 5.22. The number of amides is 1. The normalized spacial score (nSPS) is 14.8. The van der Waals surface area contributed by atoms with Gasteiger partial charge in [0.25, 0.3) is 0 Å². The van der Waals surface area contributed by atoms with Gasteiger partial charge in [-0.2, -0.15) is 0 Å². The van der Waals surface area contributed by atoms with Crippen molar-refractivity contribution in [1.82, 2.24) is 19.7 Å². The fourth-order valence-corrected chi connectivity index (χ4v) is 4.50. The first-order valence-electron chi connectivity index (χ1n) is 9.76. The number of rotatable bonds is 8. The van der Waals surface area contributed by atoms with Gasteiger partial charge in [0.1, 0.15) is 11.6 Å². The number of halogens is 1. The van der Waals surface area contributed by atoms with Gasteiger partial charge in [-0.3, -0.25) is 4.79 Å². The Morgan fingerprint density at radius 1 is 1.29 bits per heavy atom. The van der Waals surface area contributed by atoms with Crippen molar-refractivity contribution in [2.45, 2.75) is 63.3 Å². The predicted octanol–water partition coefficient (Wildman–Crippen LogP) is 4.37. The van der Waals surface area contributed by atoms with E-state index in [-0.39, 0.29) is 17.8 Å². The Balaban J connectivity index is 1.70. The number of aryl methyl sites for hydroxylation is 1. The second-order valence-corrected chi connectivity index (χ2v) is 8.10. The van der Waals surface area contributed by atoms with Gasteiger partial charge in [-0.15, -0.1) is 16.8 Å². The van der Waals surface area contributed by atoms with Crippen molar-refractivity contribution in [3.8, 4) is 0 Å². The molecule has 0 N–H and O–H groups in total. The molecule has 0 aliphatic heterocycles. The van der Waals surface area contributed by atoms with Crippen LogP contribution >= 0.6 is 11.8 Å². The predicted molar refractivity (Wildman–Crippen MR) is 110 cm³/mol. The van der Waals surface area contributed by atoms with Crippen LogP contribution in [-0.4, -0.2) is 37.4 Å². The fourth-order valence-electron chi connectivity index (χ4n) is 3.62. The number of allylic oxidation sites excluding steroid dienone is 1. The first-order valence-corrected chi connectivity index (χ1v) is 10.7. The van der Waals surface area contributed by atoms with E-state index in [9.17, 15) is 9.18 Å². The molecule has 1 amide bonds. The smallest absolute Gasteiger partial charge is 0.233 e. The number of aromatic nitrogens is 3. The van der Waals surface area contributed by atoms with Gasteiger partial charge in [0.15, 0.2) is 5.16 Å². The molecule has 1 saturated carbocycles. The molecule has 1 aromatic carbocycles. The third-order valence-corrected chi connectivity index (χ3v) is 6.09. The minimum Gasteiger partial charge on any atom is -0.335 e. The summed E-state index contributed by atoms with van der Waals surface area (Å²) in [7, 11) is 0. The van der Waals surface area contributed by atoms with Gasteiger partial charge in [-0.25, -0.2) is 4.39 Å². The van der Waals surface area contributed by atoms with E-state index < -0.39 is 0 Å². The topological polar surface area (TPSA) is 51.0 Å². The molecule has 0 bridgehead atoms. The second kappa shape index (κ2) is 9.87. The third-order valence-electron chi connectivity index (χ3n) is 5.14. The highest BCUT2D eigenvalue weighted by Crippen LogP contribution is 2.26. The van der Waals surface area contributed by atoms with E-state index in [1.54, 1.807) is 18.2 Å². The van der Waals surface area contributed by atoms with Crippen molar-refractivity contribution < 1.29 is 9.18 Å². The van der Waals surface area contributed by atoms with Crippen LogP contribution in [0, 0.1) is 12.7 Å². The summed E-state index contributed by atoms with van der Waals surface area (Å²) in [5, 5.41) is 9.03. The molecule has 150 valence electrons. The van der Waals surface area contributed by atoms with Gasteiger partial charge < -0.3 is 9.47 Å². The molecule has 0 spiro atoms. The number of nitrogens with zero attached hydrogens (tertiary/aromatic N) is 4. The van der Waals surface area contributed by atoms with Crippen LogP contribution in [0.4, 0.5) is 4.39 Å². The maximum absolute atomic E-state index is 13.2. The maximum atomic E-state index is 13.2. The SMILES string of the molecule is C=CCn1c(C)nnc1SCC(=O)N(Cc1ccc(F)cc1)C1CCCCC1. The molecule has 1 heterocycles. The number of benzene rings is 1. The standard InChI is InChI=1S/C21H27FN4OS/c1-3-13-25-16(2)23-24-21(25)28-15-20(27)26(19-7-5-4-6-8-19)14-17-9-11-18(22)12-10-17/h3,9-12,19H,1,4-8,13-15H2,2H3. The minimum absolute atomic E-state index is 0.0898. The summed E-state index contributed by atoms with van der Waals surface area (Å²) in [4.78, 5) is 15.1. The van der Waals surface area contributed by atoms with Crippen molar-refractivity contribution in [1.29, 1.82) is 0 Å². The summed E-state index contributed by atoms with van der Waals surface area (Å²) in [6.07, 6.45) is 7.39. The molecule has 5 nitrogen and oxygen atoms in total. The Bertz CT molecular complexity index is 799. The zero-order valence-electron chi connectivity index (χ0n) is 16.3. The van der Waals surface area contributed by atoms with E-state index in [1.165, 1.54) is 30.3 Å². The first kappa shape index (κ1) is 20.6. The van der Waals surface area contributed by atoms with Crippen LogP contribution < -0.4 is 0 Å². The Labute approximate surface area is 170 Å². The second-order valence-electron chi connectivity index (χ2n) is 7.16. The van der Waals surface area contributed by atoms with Gasteiger partial charge in [-0.1, -0.05) is 49.2 Å². The number of hydrogen-bond donors (Lipinski definition) is 0. The summed E-state index contributed by atoms with van der Waals surface area (Å²) in [6.45, 7) is 6.80. The van der Waals surface area contributed by atoms with E-state index in [4.69, 9.17) is 0 Å². The lowest BCUT2D eigenvalue weighted by Gasteiger charge is -2.34. The molecule has 1 aliphatic carbocycles. The van der Waals surface area contributed by atoms with Gasteiger partial charge in [0.2, 0.25) is 5.91 Å². The van der Waals surface area contributed by atoms with Gasteiger partial charge in [0.05, 0.1) is 5.75 Å². The van der Waals surface area contributed by atoms with Gasteiger partial charge >= 0.3 is 0 Å². The molecule has 1 aliphatic rings. The van der Waals surface area contributed by atoms with E-state index >= 15 is 0 Å². The number of thioether (sulfide) groups is 1. The van der Waals surface area contributed by atoms with E-state index in [2.05, 4.69) is 16.8 Å². The number of hydrogen-bond acceptors (Lipinski definition) is 4. The van der Waals surface area contributed by atoms with Crippen molar-refractivity contribution in [3.63, 3.8) is 0 Å². The van der Waals surface area contributed by atoms with Crippen molar-refractivity contribution in [3.05, 3.63) is 54.1 Å². The molecule has 28 heavy (non-hydrogen) atoms. The molecule has 0 radical (unpaired) electrons.